The Hall–Kier alpha value is -2.31. The van der Waals surface area contributed by atoms with E-state index >= 15 is 0 Å². The summed E-state index contributed by atoms with van der Waals surface area (Å²) < 4.78 is 46.5. The molecule has 1 fully saturated rings. The summed E-state index contributed by atoms with van der Waals surface area (Å²) in [4.78, 5) is 9.46. The summed E-state index contributed by atoms with van der Waals surface area (Å²) in [5, 5.41) is 0. The summed E-state index contributed by atoms with van der Waals surface area (Å²) >= 11 is 0. The molecule has 0 saturated heterocycles. The van der Waals surface area contributed by atoms with Crippen molar-refractivity contribution in [3.63, 3.8) is 0 Å². The number of nitrogens with zero attached hydrogens (tertiary/aromatic N) is 3. The Morgan fingerprint density at radius 3 is 2.55 bits per heavy atom. The van der Waals surface area contributed by atoms with Crippen molar-refractivity contribution in [3.05, 3.63) is 41.6 Å². The minimum absolute atomic E-state index is 0.0246. The molecular formula is C22H28F3N3O. The lowest BCUT2D eigenvalue weighted by atomic mass is 9.83. The average Bonchev–Trinajstić information content (AvgIpc) is 2.73. The third kappa shape index (κ3) is 5.19. The molecule has 29 heavy (non-hydrogen) atoms. The van der Waals surface area contributed by atoms with Crippen LogP contribution < -0.4 is 9.64 Å². The molecule has 1 aromatic carbocycles. The molecule has 0 spiro atoms. The van der Waals surface area contributed by atoms with E-state index in [0.717, 1.165) is 56.0 Å². The third-order valence-corrected chi connectivity index (χ3v) is 5.44. The van der Waals surface area contributed by atoms with Crippen molar-refractivity contribution in [2.24, 2.45) is 0 Å². The predicted octanol–water partition coefficient (Wildman–Crippen LogP) is 6.49. The highest BCUT2D eigenvalue weighted by Crippen LogP contribution is 2.42. The molecule has 0 aliphatic heterocycles. The fourth-order valence-corrected chi connectivity index (χ4v) is 3.86. The topological polar surface area (TPSA) is 38.2 Å². The third-order valence-electron chi connectivity index (χ3n) is 5.44. The van der Waals surface area contributed by atoms with E-state index in [2.05, 4.69) is 9.97 Å². The quantitative estimate of drug-likeness (QED) is 0.492. The average molecular weight is 407 g/mol. The zero-order chi connectivity index (χ0) is 20.9. The molecule has 3 rings (SSSR count). The van der Waals surface area contributed by atoms with Gasteiger partial charge in [-0.05, 0) is 36.8 Å². The first-order valence-electron chi connectivity index (χ1n) is 10.3. The van der Waals surface area contributed by atoms with Crippen molar-refractivity contribution in [2.75, 3.05) is 18.6 Å². The number of ether oxygens (including phenoxy) is 1. The summed E-state index contributed by atoms with van der Waals surface area (Å²) in [6.45, 7) is 2.39. The smallest absolute Gasteiger partial charge is 0.421 e. The molecule has 0 N–H and O–H groups in total. The number of alkyl halides is 3. The number of aromatic nitrogens is 2. The Labute approximate surface area is 170 Å². The van der Waals surface area contributed by atoms with E-state index in [0.29, 0.717) is 12.5 Å². The number of benzene rings is 1. The minimum atomic E-state index is -4.55. The van der Waals surface area contributed by atoms with Crippen LogP contribution in [0.2, 0.25) is 0 Å². The van der Waals surface area contributed by atoms with Crippen LogP contribution in [0.15, 0.2) is 30.5 Å². The highest BCUT2D eigenvalue weighted by molar-refractivity contribution is 5.66. The van der Waals surface area contributed by atoms with Crippen LogP contribution in [0.3, 0.4) is 0 Å². The lowest BCUT2D eigenvalue weighted by molar-refractivity contribution is -0.137. The number of anilines is 2. The maximum absolute atomic E-state index is 13.7. The second kappa shape index (κ2) is 9.46. The molecule has 2 aromatic rings. The van der Waals surface area contributed by atoms with Gasteiger partial charge in [0.2, 0.25) is 0 Å². The maximum Gasteiger partial charge on any atom is 0.421 e. The van der Waals surface area contributed by atoms with Gasteiger partial charge >= 0.3 is 12.2 Å². The van der Waals surface area contributed by atoms with Crippen LogP contribution >= 0.6 is 0 Å². The van der Waals surface area contributed by atoms with Gasteiger partial charge in [-0.15, -0.1) is 0 Å². The Morgan fingerprint density at radius 2 is 1.86 bits per heavy atom. The number of unbranched alkanes of at least 4 members (excludes halogenated alkanes) is 1. The molecule has 0 atom stereocenters. The van der Waals surface area contributed by atoms with E-state index in [1.165, 1.54) is 11.3 Å². The molecule has 158 valence electrons. The normalized spacial score (nSPS) is 15.3. The summed E-state index contributed by atoms with van der Waals surface area (Å²) in [5.74, 6) is 0.182. The second-order valence-corrected chi connectivity index (χ2v) is 7.54. The highest BCUT2D eigenvalue weighted by Gasteiger charge is 2.37. The highest BCUT2D eigenvalue weighted by atomic mass is 19.4. The van der Waals surface area contributed by atoms with Gasteiger partial charge in [0.15, 0.2) is 5.82 Å². The fourth-order valence-electron chi connectivity index (χ4n) is 3.86. The van der Waals surface area contributed by atoms with E-state index in [1.54, 1.807) is 7.05 Å². The second-order valence-electron chi connectivity index (χ2n) is 7.54. The van der Waals surface area contributed by atoms with E-state index in [4.69, 9.17) is 4.74 Å². The predicted molar refractivity (Wildman–Crippen MR) is 108 cm³/mol. The molecule has 0 unspecified atom stereocenters. The zero-order valence-corrected chi connectivity index (χ0v) is 17.0. The van der Waals surface area contributed by atoms with Gasteiger partial charge in [0, 0.05) is 18.9 Å². The molecule has 0 bridgehead atoms. The van der Waals surface area contributed by atoms with Gasteiger partial charge in [-0.1, -0.05) is 50.8 Å². The molecule has 1 heterocycles. The first kappa shape index (κ1) is 21.4. The number of halogens is 3. The van der Waals surface area contributed by atoms with Gasteiger partial charge in [-0.3, -0.25) is 0 Å². The molecule has 1 aromatic heterocycles. The fraction of sp³-hybridized carbons (Fsp3) is 0.545. The lowest BCUT2D eigenvalue weighted by Gasteiger charge is -2.29. The van der Waals surface area contributed by atoms with E-state index in [1.807, 2.05) is 31.2 Å². The molecule has 7 heteroatoms. The van der Waals surface area contributed by atoms with Gasteiger partial charge < -0.3 is 9.64 Å². The van der Waals surface area contributed by atoms with Gasteiger partial charge in [0.1, 0.15) is 5.56 Å². The van der Waals surface area contributed by atoms with Gasteiger partial charge in [-0.25, -0.2) is 4.98 Å². The van der Waals surface area contributed by atoms with Crippen molar-refractivity contribution in [2.45, 2.75) is 64.0 Å². The summed E-state index contributed by atoms with van der Waals surface area (Å²) in [6, 6.07) is 7.67. The summed E-state index contributed by atoms with van der Waals surface area (Å²) in [6.07, 6.45) is 3.63. The van der Waals surface area contributed by atoms with Gasteiger partial charge in [0.05, 0.1) is 6.61 Å². The maximum atomic E-state index is 13.7. The molecule has 1 saturated carbocycles. The molecule has 4 nitrogen and oxygen atoms in total. The first-order chi connectivity index (χ1) is 13.9. The van der Waals surface area contributed by atoms with Crippen LogP contribution in [-0.2, 0) is 6.18 Å². The Balaban J connectivity index is 1.99. The van der Waals surface area contributed by atoms with Crippen LogP contribution in [0.5, 0.6) is 6.01 Å². The van der Waals surface area contributed by atoms with Crippen molar-refractivity contribution in [3.8, 4) is 6.01 Å². The Bertz CT molecular complexity index is 804. The van der Waals surface area contributed by atoms with Crippen LogP contribution in [0.1, 0.15) is 68.9 Å². The molecule has 1 aliphatic carbocycles. The van der Waals surface area contributed by atoms with Crippen LogP contribution in [0, 0.1) is 0 Å². The minimum Gasteiger partial charge on any atom is -0.463 e. The summed E-state index contributed by atoms with van der Waals surface area (Å²) in [5.41, 5.74) is 0.972. The van der Waals surface area contributed by atoms with E-state index in [-0.39, 0.29) is 11.8 Å². The van der Waals surface area contributed by atoms with E-state index < -0.39 is 11.7 Å². The summed E-state index contributed by atoms with van der Waals surface area (Å²) in [7, 11) is 1.63. The van der Waals surface area contributed by atoms with Crippen LogP contribution in [0.4, 0.5) is 24.7 Å². The zero-order valence-electron chi connectivity index (χ0n) is 17.0. The largest absolute Gasteiger partial charge is 0.463 e. The number of rotatable bonds is 7. The van der Waals surface area contributed by atoms with Crippen molar-refractivity contribution in [1.29, 1.82) is 0 Å². The first-order valence-corrected chi connectivity index (χ1v) is 10.3. The number of hydrogen-bond acceptors (Lipinski definition) is 4. The number of hydrogen-bond donors (Lipinski definition) is 0. The molecule has 0 amide bonds. The van der Waals surface area contributed by atoms with Crippen molar-refractivity contribution >= 4 is 11.5 Å². The van der Waals surface area contributed by atoms with Crippen molar-refractivity contribution < 1.29 is 17.9 Å². The van der Waals surface area contributed by atoms with Crippen molar-refractivity contribution in [1.82, 2.24) is 9.97 Å². The Kier molecular flexibility index (Phi) is 6.98. The molecular weight excluding hydrogens is 379 g/mol. The lowest BCUT2D eigenvalue weighted by Crippen LogP contribution is -2.21. The Morgan fingerprint density at radius 1 is 1.14 bits per heavy atom. The number of para-hydroxylation sites is 1. The van der Waals surface area contributed by atoms with Crippen LogP contribution in [-0.4, -0.2) is 23.6 Å². The van der Waals surface area contributed by atoms with Gasteiger partial charge in [0.25, 0.3) is 0 Å². The van der Waals surface area contributed by atoms with Gasteiger partial charge in [-0.2, -0.15) is 18.2 Å². The monoisotopic (exact) mass is 407 g/mol. The van der Waals surface area contributed by atoms with Crippen LogP contribution in [0.25, 0.3) is 0 Å². The van der Waals surface area contributed by atoms with E-state index in [9.17, 15) is 13.2 Å². The molecule has 0 radical (unpaired) electrons. The molecule has 1 aliphatic rings. The standard InChI is InChI=1S/C22H28F3N3O/c1-3-4-14-29-21-26-15-18(22(23,24)25)20(27-21)28(2)19-13-9-8-12-17(19)16-10-6-5-7-11-16/h8-9,12-13,15-16H,3-7,10-11,14H2,1-2H3. The SMILES string of the molecule is CCCCOc1ncc(C(F)(F)F)c(N(C)c2ccccc2C2CCCCC2)n1.